The zero-order valence-electron chi connectivity index (χ0n) is 12.5. The first kappa shape index (κ1) is 17.0. The maximum atomic E-state index is 12.3. The topological polar surface area (TPSA) is 84.7 Å². The number of nitrogens with one attached hydrogen (secondary N) is 1. The highest BCUT2D eigenvalue weighted by molar-refractivity contribution is 5.83. The Bertz CT molecular complexity index is 569. The molecule has 1 atom stereocenters. The summed E-state index contributed by atoms with van der Waals surface area (Å²) in [5.41, 5.74) is 5.59. The summed E-state index contributed by atoms with van der Waals surface area (Å²) in [6.45, 7) is -2.16. The Morgan fingerprint density at radius 2 is 2.13 bits per heavy atom. The van der Waals surface area contributed by atoms with Gasteiger partial charge in [-0.15, -0.1) is 0 Å². The van der Waals surface area contributed by atoms with Crippen LogP contribution >= 0.6 is 0 Å². The number of likely N-dealkylation sites (tertiary alicyclic amines) is 1. The number of hydrogen-bond donors (Lipinski definition) is 2. The van der Waals surface area contributed by atoms with Gasteiger partial charge in [0.1, 0.15) is 5.75 Å². The predicted octanol–water partition coefficient (Wildman–Crippen LogP) is 1.42. The second kappa shape index (κ2) is 7.75. The molecular formula is C15H19F2N3O3. The molecule has 1 aromatic carbocycles. The minimum Gasteiger partial charge on any atom is -0.433 e. The fraction of sp³-hybridized carbons (Fsp3) is 0.467. The number of hydrogen-bond acceptors (Lipinski definition) is 4. The highest BCUT2D eigenvalue weighted by atomic mass is 19.3. The number of piperidine rings is 1. The number of benzene rings is 1. The minimum atomic E-state index is -2.94. The van der Waals surface area contributed by atoms with Crippen LogP contribution < -0.4 is 15.8 Å². The van der Waals surface area contributed by atoms with Crippen LogP contribution in [0.3, 0.4) is 0 Å². The molecule has 6 nitrogen and oxygen atoms in total. The second-order valence-corrected chi connectivity index (χ2v) is 5.31. The molecule has 1 aliphatic heterocycles. The number of carbonyl (C=O) groups excluding carboxylic acids is 2. The number of rotatable bonds is 6. The molecule has 1 fully saturated rings. The van der Waals surface area contributed by atoms with Gasteiger partial charge in [-0.3, -0.25) is 9.59 Å². The SMILES string of the molecule is NC(=O)C1CCCN(C(=O)CNc2ccccc2OC(F)F)C1. The smallest absolute Gasteiger partial charge is 0.387 e. The maximum absolute atomic E-state index is 12.3. The van der Waals surface area contributed by atoms with Gasteiger partial charge in [-0.1, -0.05) is 12.1 Å². The standard InChI is InChI=1S/C15H19F2N3O3/c16-15(17)23-12-6-2-1-5-11(12)19-8-13(21)20-7-3-4-10(9-20)14(18)22/h1-2,5-6,10,15,19H,3-4,7-9H2,(H2,18,22). The van der Waals surface area contributed by atoms with Gasteiger partial charge < -0.3 is 20.7 Å². The Labute approximate surface area is 132 Å². The molecule has 0 radical (unpaired) electrons. The van der Waals surface area contributed by atoms with E-state index in [4.69, 9.17) is 5.73 Å². The number of carbonyl (C=O) groups is 2. The van der Waals surface area contributed by atoms with Crippen LogP contribution in [-0.4, -0.2) is 43.0 Å². The van der Waals surface area contributed by atoms with Crippen LogP contribution in [0.1, 0.15) is 12.8 Å². The van der Waals surface area contributed by atoms with E-state index < -0.39 is 12.5 Å². The molecule has 23 heavy (non-hydrogen) atoms. The van der Waals surface area contributed by atoms with E-state index in [1.165, 1.54) is 6.07 Å². The lowest BCUT2D eigenvalue weighted by atomic mass is 9.97. The summed E-state index contributed by atoms with van der Waals surface area (Å²) in [4.78, 5) is 25.0. The van der Waals surface area contributed by atoms with Crippen LogP contribution in [0.25, 0.3) is 0 Å². The molecule has 126 valence electrons. The number of para-hydroxylation sites is 2. The molecule has 2 rings (SSSR count). The van der Waals surface area contributed by atoms with E-state index >= 15 is 0 Å². The Balaban J connectivity index is 1.93. The lowest BCUT2D eigenvalue weighted by molar-refractivity contribution is -0.133. The maximum Gasteiger partial charge on any atom is 0.387 e. The first-order chi connectivity index (χ1) is 11.0. The molecule has 0 bridgehead atoms. The zero-order chi connectivity index (χ0) is 16.8. The van der Waals surface area contributed by atoms with Crippen molar-refractivity contribution in [1.29, 1.82) is 0 Å². The monoisotopic (exact) mass is 327 g/mol. The molecule has 2 amide bonds. The van der Waals surface area contributed by atoms with Crippen molar-refractivity contribution < 1.29 is 23.1 Å². The number of halogens is 2. The molecule has 3 N–H and O–H groups in total. The van der Waals surface area contributed by atoms with Crippen LogP contribution in [0, 0.1) is 5.92 Å². The zero-order valence-corrected chi connectivity index (χ0v) is 12.5. The molecule has 1 saturated heterocycles. The largest absolute Gasteiger partial charge is 0.433 e. The summed E-state index contributed by atoms with van der Waals surface area (Å²) in [5, 5.41) is 2.79. The second-order valence-electron chi connectivity index (χ2n) is 5.31. The van der Waals surface area contributed by atoms with Crippen molar-refractivity contribution in [2.24, 2.45) is 11.7 Å². The van der Waals surface area contributed by atoms with Crippen molar-refractivity contribution in [3.8, 4) is 5.75 Å². The van der Waals surface area contributed by atoms with Crippen molar-refractivity contribution in [2.45, 2.75) is 19.5 Å². The molecular weight excluding hydrogens is 308 g/mol. The van der Waals surface area contributed by atoms with Crippen LogP contribution in [0.5, 0.6) is 5.75 Å². The number of nitrogens with zero attached hydrogens (tertiary/aromatic N) is 1. The fourth-order valence-corrected chi connectivity index (χ4v) is 2.53. The van der Waals surface area contributed by atoms with Gasteiger partial charge in [-0.05, 0) is 25.0 Å². The third-order valence-electron chi connectivity index (χ3n) is 3.71. The summed E-state index contributed by atoms with van der Waals surface area (Å²) in [6.07, 6.45) is 1.39. The quantitative estimate of drug-likeness (QED) is 0.828. The fourth-order valence-electron chi connectivity index (χ4n) is 2.53. The van der Waals surface area contributed by atoms with Crippen LogP contribution in [0.2, 0.25) is 0 Å². The van der Waals surface area contributed by atoms with Gasteiger partial charge in [0.05, 0.1) is 18.2 Å². The number of nitrogens with two attached hydrogens (primary N) is 1. The highest BCUT2D eigenvalue weighted by Crippen LogP contribution is 2.25. The third kappa shape index (κ3) is 4.80. The van der Waals surface area contributed by atoms with Crippen LogP contribution in [0.4, 0.5) is 14.5 Å². The molecule has 0 aliphatic carbocycles. The molecule has 1 unspecified atom stereocenters. The van der Waals surface area contributed by atoms with Gasteiger partial charge in [0.15, 0.2) is 0 Å². The van der Waals surface area contributed by atoms with E-state index in [-0.39, 0.29) is 24.1 Å². The van der Waals surface area contributed by atoms with Crippen LogP contribution in [-0.2, 0) is 9.59 Å². The minimum absolute atomic E-state index is 0.0241. The Morgan fingerprint density at radius 3 is 2.83 bits per heavy atom. The molecule has 0 spiro atoms. The number of amides is 2. The average Bonchev–Trinajstić information content (AvgIpc) is 2.53. The number of anilines is 1. The molecule has 0 saturated carbocycles. The van der Waals surface area contributed by atoms with Crippen LogP contribution in [0.15, 0.2) is 24.3 Å². The van der Waals surface area contributed by atoms with Crippen molar-refractivity contribution in [1.82, 2.24) is 4.90 Å². The summed E-state index contributed by atoms with van der Waals surface area (Å²) < 4.78 is 29.1. The van der Waals surface area contributed by atoms with Gasteiger partial charge in [-0.2, -0.15) is 8.78 Å². The predicted molar refractivity (Wildman–Crippen MR) is 80.1 cm³/mol. The molecule has 1 aliphatic rings. The normalized spacial score (nSPS) is 17.9. The molecule has 0 aromatic heterocycles. The van der Waals surface area contributed by atoms with Crippen molar-refractivity contribution in [2.75, 3.05) is 25.0 Å². The van der Waals surface area contributed by atoms with Gasteiger partial charge in [0.25, 0.3) is 0 Å². The Hall–Kier alpha value is -2.38. The van der Waals surface area contributed by atoms with E-state index in [9.17, 15) is 18.4 Å². The van der Waals surface area contributed by atoms with E-state index in [0.29, 0.717) is 31.6 Å². The highest BCUT2D eigenvalue weighted by Gasteiger charge is 2.26. The summed E-state index contributed by atoms with van der Waals surface area (Å²) in [5.74, 6) is -0.986. The van der Waals surface area contributed by atoms with Gasteiger partial charge >= 0.3 is 6.61 Å². The Kier molecular flexibility index (Phi) is 5.72. The molecule has 1 heterocycles. The van der Waals surface area contributed by atoms with Gasteiger partial charge in [-0.25, -0.2) is 0 Å². The van der Waals surface area contributed by atoms with E-state index in [0.717, 1.165) is 0 Å². The average molecular weight is 327 g/mol. The number of primary amides is 1. The third-order valence-corrected chi connectivity index (χ3v) is 3.71. The van der Waals surface area contributed by atoms with E-state index in [1.807, 2.05) is 0 Å². The van der Waals surface area contributed by atoms with Crippen molar-refractivity contribution in [3.63, 3.8) is 0 Å². The molecule has 8 heteroatoms. The summed E-state index contributed by atoms with van der Waals surface area (Å²) in [7, 11) is 0. The lowest BCUT2D eigenvalue weighted by Gasteiger charge is -2.31. The first-order valence-corrected chi connectivity index (χ1v) is 7.32. The summed E-state index contributed by atoms with van der Waals surface area (Å²) >= 11 is 0. The van der Waals surface area contributed by atoms with Gasteiger partial charge in [0.2, 0.25) is 11.8 Å². The Morgan fingerprint density at radius 1 is 1.39 bits per heavy atom. The lowest BCUT2D eigenvalue weighted by Crippen LogP contribution is -2.46. The first-order valence-electron chi connectivity index (χ1n) is 7.32. The number of ether oxygens (including phenoxy) is 1. The van der Waals surface area contributed by atoms with E-state index in [2.05, 4.69) is 10.1 Å². The number of alkyl halides is 2. The summed E-state index contributed by atoms with van der Waals surface area (Å²) in [6, 6.07) is 6.15. The van der Waals surface area contributed by atoms with Gasteiger partial charge in [0, 0.05) is 13.1 Å². The van der Waals surface area contributed by atoms with Crippen molar-refractivity contribution in [3.05, 3.63) is 24.3 Å². The van der Waals surface area contributed by atoms with Crippen molar-refractivity contribution >= 4 is 17.5 Å². The van der Waals surface area contributed by atoms with E-state index in [1.54, 1.807) is 23.1 Å². The molecule has 1 aromatic rings.